The molecule has 0 fully saturated rings. The number of hydrogen-bond acceptors (Lipinski definition) is 8. The molecule has 1 aromatic carbocycles. The van der Waals surface area contributed by atoms with Crippen molar-refractivity contribution < 1.29 is 34.8 Å². The molecule has 4 atom stereocenters. The fraction of sp³-hybridized carbons (Fsp3) is 0.381. The smallest absolute Gasteiger partial charge is 0.255 e. The standard InChI is InChI=1S/C21H22N2O7/c1-7-3-4-11(24)13-9(7)5-8-6-10-15(23-2)17(26)14(20(22)29)19(28)21(10,30)18(27)12(8)16(13)25/h3-4,8,10,15,23-24,26-27,30H,5-6H2,1-2H3,(H2,22,29)/t8-,10-,15-,21-/m0/s1. The lowest BCUT2D eigenvalue weighted by Gasteiger charge is -2.48. The Kier molecular flexibility index (Phi) is 4.30. The largest absolute Gasteiger partial charge is 0.510 e. The summed E-state index contributed by atoms with van der Waals surface area (Å²) in [6.07, 6.45) is 0.370. The van der Waals surface area contributed by atoms with Gasteiger partial charge in [-0.15, -0.1) is 0 Å². The van der Waals surface area contributed by atoms with Crippen LogP contribution in [0.5, 0.6) is 5.75 Å². The molecule has 1 aromatic rings. The molecule has 0 saturated carbocycles. The van der Waals surface area contributed by atoms with E-state index in [1.165, 1.54) is 13.1 Å². The lowest BCUT2D eigenvalue weighted by atomic mass is 9.58. The van der Waals surface area contributed by atoms with E-state index in [0.29, 0.717) is 12.0 Å². The molecule has 9 heteroatoms. The normalized spacial score (nSPS) is 30.7. The van der Waals surface area contributed by atoms with Gasteiger partial charge in [0.25, 0.3) is 5.91 Å². The lowest BCUT2D eigenvalue weighted by Crippen LogP contribution is -2.63. The molecule has 0 saturated heterocycles. The van der Waals surface area contributed by atoms with Crippen LogP contribution in [-0.4, -0.2) is 56.6 Å². The molecule has 0 heterocycles. The van der Waals surface area contributed by atoms with Gasteiger partial charge in [0, 0.05) is 11.5 Å². The number of rotatable bonds is 2. The summed E-state index contributed by atoms with van der Waals surface area (Å²) in [5, 5.41) is 45.8. The molecular weight excluding hydrogens is 392 g/mol. The van der Waals surface area contributed by atoms with Crippen molar-refractivity contribution in [2.75, 3.05) is 7.05 Å². The fourth-order valence-electron chi connectivity index (χ4n) is 5.17. The number of primary amides is 1. The van der Waals surface area contributed by atoms with E-state index in [1.807, 2.05) is 0 Å². The number of aryl methyl sites for hydroxylation is 1. The maximum absolute atomic E-state index is 13.2. The molecule has 7 N–H and O–H groups in total. The van der Waals surface area contributed by atoms with Crippen LogP contribution in [0.15, 0.2) is 34.8 Å². The van der Waals surface area contributed by atoms with Crippen LogP contribution in [0.3, 0.4) is 0 Å². The van der Waals surface area contributed by atoms with Crippen molar-refractivity contribution in [1.82, 2.24) is 5.32 Å². The van der Waals surface area contributed by atoms with Crippen LogP contribution in [0, 0.1) is 18.8 Å². The number of nitrogens with two attached hydrogens (primary N) is 1. The van der Waals surface area contributed by atoms with Crippen molar-refractivity contribution >= 4 is 17.5 Å². The number of likely N-dealkylation sites (N-methyl/N-ethyl adjacent to an activating group) is 1. The van der Waals surface area contributed by atoms with E-state index in [1.54, 1.807) is 13.0 Å². The molecule has 0 radical (unpaired) electrons. The molecule has 3 aliphatic carbocycles. The molecule has 0 aromatic heterocycles. The maximum atomic E-state index is 13.2. The Balaban J connectivity index is 1.97. The Hall–Kier alpha value is -3.17. The van der Waals surface area contributed by atoms with Crippen LogP contribution in [0.25, 0.3) is 0 Å². The van der Waals surface area contributed by atoms with Crippen LogP contribution >= 0.6 is 0 Å². The van der Waals surface area contributed by atoms with Crippen molar-refractivity contribution in [3.8, 4) is 5.75 Å². The van der Waals surface area contributed by atoms with E-state index in [4.69, 9.17) is 5.73 Å². The molecule has 0 spiro atoms. The number of allylic oxidation sites excluding steroid dienone is 1. The molecule has 3 aliphatic rings. The van der Waals surface area contributed by atoms with Gasteiger partial charge in [-0.2, -0.15) is 0 Å². The quantitative estimate of drug-likeness (QED) is 0.370. The van der Waals surface area contributed by atoms with Crippen LogP contribution in [0.4, 0.5) is 0 Å². The summed E-state index contributed by atoms with van der Waals surface area (Å²) in [6, 6.07) is 2.02. The van der Waals surface area contributed by atoms with Gasteiger partial charge in [0.2, 0.25) is 5.78 Å². The Labute approximate surface area is 171 Å². The highest BCUT2D eigenvalue weighted by molar-refractivity contribution is 6.24. The number of phenols is 1. The summed E-state index contributed by atoms with van der Waals surface area (Å²) in [6.45, 7) is 1.80. The van der Waals surface area contributed by atoms with Gasteiger partial charge < -0.3 is 31.5 Å². The third kappa shape index (κ3) is 2.33. The second kappa shape index (κ2) is 6.41. The molecule has 1 amide bonds. The topological polar surface area (TPSA) is 170 Å². The number of aliphatic hydroxyl groups excluding tert-OH is 2. The van der Waals surface area contributed by atoms with E-state index in [0.717, 1.165) is 5.56 Å². The Morgan fingerprint density at radius 3 is 2.50 bits per heavy atom. The molecule has 4 rings (SSSR count). The number of carbonyl (C=O) groups is 3. The number of nitrogens with one attached hydrogen (secondary N) is 1. The second-order valence-corrected chi connectivity index (χ2v) is 8.08. The van der Waals surface area contributed by atoms with Gasteiger partial charge in [-0.25, -0.2) is 0 Å². The van der Waals surface area contributed by atoms with Gasteiger partial charge in [-0.05, 0) is 49.9 Å². The van der Waals surface area contributed by atoms with Crippen molar-refractivity contribution in [3.63, 3.8) is 0 Å². The molecule has 0 bridgehead atoms. The second-order valence-electron chi connectivity index (χ2n) is 8.08. The Morgan fingerprint density at radius 2 is 1.90 bits per heavy atom. The SMILES string of the molecule is CN[C@@H]1C(O)=C(C(N)=O)C(=O)[C@@]2(O)C(O)=C3C(=O)c4c(O)ccc(C)c4C[C@H]3C[C@@H]12. The number of aromatic hydroxyl groups is 1. The maximum Gasteiger partial charge on any atom is 0.255 e. The van der Waals surface area contributed by atoms with Gasteiger partial charge in [-0.1, -0.05) is 6.07 Å². The predicted octanol–water partition coefficient (Wildman–Crippen LogP) is 0.0868. The number of fused-ring (bicyclic) bond motifs is 3. The highest BCUT2D eigenvalue weighted by atomic mass is 16.3. The summed E-state index contributed by atoms with van der Waals surface area (Å²) < 4.78 is 0. The predicted molar refractivity (Wildman–Crippen MR) is 104 cm³/mol. The molecule has 158 valence electrons. The molecule has 9 nitrogen and oxygen atoms in total. The number of amides is 1. The highest BCUT2D eigenvalue weighted by Gasteiger charge is 2.62. The number of phenolic OH excluding ortho intramolecular Hbond substituents is 1. The highest BCUT2D eigenvalue weighted by Crippen LogP contribution is 2.51. The Morgan fingerprint density at radius 1 is 1.23 bits per heavy atom. The average Bonchev–Trinajstić information content (AvgIpc) is 2.67. The number of hydrogen-bond donors (Lipinski definition) is 6. The van der Waals surface area contributed by atoms with Gasteiger partial charge in [0.05, 0.1) is 11.6 Å². The minimum absolute atomic E-state index is 0.0248. The van der Waals surface area contributed by atoms with E-state index in [2.05, 4.69) is 5.32 Å². The first-order valence-corrected chi connectivity index (χ1v) is 9.52. The first-order chi connectivity index (χ1) is 14.0. The zero-order valence-corrected chi connectivity index (χ0v) is 16.4. The van der Waals surface area contributed by atoms with E-state index < -0.39 is 58.0 Å². The zero-order valence-electron chi connectivity index (χ0n) is 16.4. The van der Waals surface area contributed by atoms with Crippen molar-refractivity contribution in [2.24, 2.45) is 17.6 Å². The summed E-state index contributed by atoms with van der Waals surface area (Å²) in [7, 11) is 1.47. The van der Waals surface area contributed by atoms with Crippen LogP contribution in [0.1, 0.15) is 27.9 Å². The van der Waals surface area contributed by atoms with Crippen molar-refractivity contribution in [3.05, 3.63) is 51.5 Å². The summed E-state index contributed by atoms with van der Waals surface area (Å²) in [5.41, 5.74) is 3.09. The van der Waals surface area contributed by atoms with Crippen LogP contribution < -0.4 is 11.1 Å². The average molecular weight is 414 g/mol. The zero-order chi connectivity index (χ0) is 22.1. The summed E-state index contributed by atoms with van der Waals surface area (Å²) in [4.78, 5) is 38.0. The molecule has 0 aliphatic heterocycles. The molecular formula is C21H22N2O7. The van der Waals surface area contributed by atoms with Crippen LogP contribution in [0.2, 0.25) is 0 Å². The minimum Gasteiger partial charge on any atom is -0.510 e. The first kappa shape index (κ1) is 20.1. The van der Waals surface area contributed by atoms with Crippen LogP contribution in [-0.2, 0) is 16.0 Å². The third-order valence-electron chi connectivity index (χ3n) is 6.63. The van der Waals surface area contributed by atoms with Crippen molar-refractivity contribution in [1.29, 1.82) is 0 Å². The van der Waals surface area contributed by atoms with E-state index in [-0.39, 0.29) is 23.3 Å². The van der Waals surface area contributed by atoms with Gasteiger partial charge in [0.1, 0.15) is 22.8 Å². The van der Waals surface area contributed by atoms with Gasteiger partial charge in [-0.3, -0.25) is 14.4 Å². The third-order valence-corrected chi connectivity index (χ3v) is 6.63. The van der Waals surface area contributed by atoms with Gasteiger partial charge >= 0.3 is 0 Å². The minimum atomic E-state index is -2.61. The summed E-state index contributed by atoms with van der Waals surface area (Å²) >= 11 is 0. The molecule has 0 unspecified atom stereocenters. The first-order valence-electron chi connectivity index (χ1n) is 9.52. The monoisotopic (exact) mass is 414 g/mol. The number of Topliss-reactive ketones (excluding diaryl/α,β-unsaturated/α-hetero) is 2. The number of carbonyl (C=O) groups excluding carboxylic acids is 3. The van der Waals surface area contributed by atoms with E-state index >= 15 is 0 Å². The van der Waals surface area contributed by atoms with Gasteiger partial charge in [0.15, 0.2) is 11.4 Å². The number of benzene rings is 1. The number of aliphatic hydroxyl groups is 3. The summed E-state index contributed by atoms with van der Waals surface area (Å²) in [5.74, 6) is -6.50. The number of ketones is 2. The fourth-order valence-corrected chi connectivity index (χ4v) is 5.17. The van der Waals surface area contributed by atoms with Crippen molar-refractivity contribution in [2.45, 2.75) is 31.4 Å². The molecule has 30 heavy (non-hydrogen) atoms. The Bertz CT molecular complexity index is 1090. The lowest BCUT2D eigenvalue weighted by molar-refractivity contribution is -0.146. The van der Waals surface area contributed by atoms with E-state index in [9.17, 15) is 34.8 Å².